The average molecular weight is 476 g/mol. The highest BCUT2D eigenvalue weighted by Gasteiger charge is 2.43. The second kappa shape index (κ2) is 8.81. The summed E-state index contributed by atoms with van der Waals surface area (Å²) in [6.45, 7) is 2.00. The molecule has 1 heterocycles. The van der Waals surface area contributed by atoms with Gasteiger partial charge in [-0.3, -0.25) is 14.5 Å². The van der Waals surface area contributed by atoms with Crippen LogP contribution < -0.4 is 4.90 Å². The molecule has 0 saturated heterocycles. The van der Waals surface area contributed by atoms with E-state index in [1.54, 1.807) is 17.0 Å². The van der Waals surface area contributed by atoms with E-state index < -0.39 is 0 Å². The maximum atomic E-state index is 13.7. The third kappa shape index (κ3) is 4.12. The van der Waals surface area contributed by atoms with E-state index in [0.717, 1.165) is 28.1 Å². The number of carbonyl (C=O) groups excluding carboxylic acids is 2. The van der Waals surface area contributed by atoms with Crippen LogP contribution in [-0.2, 0) is 9.59 Å². The van der Waals surface area contributed by atoms with Crippen LogP contribution in [0, 0.1) is 6.92 Å². The van der Waals surface area contributed by atoms with Gasteiger partial charge in [-0.05, 0) is 60.2 Å². The number of carbonyl (C=O) groups is 2. The summed E-state index contributed by atoms with van der Waals surface area (Å²) in [6.07, 6.45) is 1.22. The Balaban J connectivity index is 1.68. The van der Waals surface area contributed by atoms with Crippen molar-refractivity contribution in [1.82, 2.24) is 0 Å². The summed E-state index contributed by atoms with van der Waals surface area (Å²) in [5.74, 6) is -0.303. The first-order valence-electron chi connectivity index (χ1n) is 11.1. The van der Waals surface area contributed by atoms with Gasteiger partial charge in [0.05, 0.1) is 0 Å². The number of anilines is 1. The topological polar surface area (TPSA) is 37.4 Å². The highest BCUT2D eigenvalue weighted by Crippen LogP contribution is 2.48. The molecule has 2 unspecified atom stereocenters. The molecule has 2 aliphatic rings. The van der Waals surface area contributed by atoms with Crippen LogP contribution in [0.1, 0.15) is 47.8 Å². The summed E-state index contributed by atoms with van der Waals surface area (Å²) in [7, 11) is 0. The molecule has 0 fully saturated rings. The van der Waals surface area contributed by atoms with E-state index in [4.69, 9.17) is 23.2 Å². The molecule has 2 atom stereocenters. The van der Waals surface area contributed by atoms with Gasteiger partial charge in [0.15, 0.2) is 5.78 Å². The molecular formula is C28H23Cl2NO2. The number of hydrogen-bond donors (Lipinski definition) is 0. The second-order valence-electron chi connectivity index (χ2n) is 8.79. The minimum Gasteiger partial charge on any atom is -0.294 e. The Kier molecular flexibility index (Phi) is 5.86. The molecule has 0 saturated carbocycles. The number of ketones is 1. The Bertz CT molecular complexity index is 1280. The van der Waals surface area contributed by atoms with E-state index >= 15 is 0 Å². The first-order chi connectivity index (χ1) is 15.9. The monoisotopic (exact) mass is 475 g/mol. The van der Waals surface area contributed by atoms with Crippen molar-refractivity contribution < 1.29 is 9.59 Å². The summed E-state index contributed by atoms with van der Waals surface area (Å²) >= 11 is 12.7. The number of benzene rings is 3. The fourth-order valence-electron chi connectivity index (χ4n) is 5.11. The largest absolute Gasteiger partial charge is 0.294 e. The SMILES string of the molecule is Cc1cccc(N2C(=O)CC(c3ccc(Cl)cc3Cl)C3=C2CC(c2ccccc2)CC3=O)c1. The zero-order valence-electron chi connectivity index (χ0n) is 18.2. The summed E-state index contributed by atoms with van der Waals surface area (Å²) in [6, 6.07) is 23.2. The number of nitrogens with zero attached hydrogens (tertiary/aromatic N) is 1. The highest BCUT2D eigenvalue weighted by atomic mass is 35.5. The van der Waals surface area contributed by atoms with Crippen molar-refractivity contribution in [2.24, 2.45) is 0 Å². The highest BCUT2D eigenvalue weighted by molar-refractivity contribution is 6.35. The standard InChI is InChI=1S/C28H23Cl2NO2/c1-17-6-5-9-21(12-17)31-25-13-19(18-7-3-2-4-8-18)14-26(32)28(25)23(16-27(31)33)22-11-10-20(29)15-24(22)30/h2-12,15,19,23H,13-14,16H2,1H3. The fraction of sp³-hybridized carbons (Fsp3) is 0.214. The lowest BCUT2D eigenvalue weighted by Gasteiger charge is -2.40. The first-order valence-corrected chi connectivity index (χ1v) is 11.8. The summed E-state index contributed by atoms with van der Waals surface area (Å²) < 4.78 is 0. The molecule has 0 N–H and O–H groups in total. The molecule has 3 nitrogen and oxygen atoms in total. The van der Waals surface area contributed by atoms with E-state index in [2.05, 4.69) is 12.1 Å². The smallest absolute Gasteiger partial charge is 0.232 e. The quantitative estimate of drug-likeness (QED) is 0.400. The first kappa shape index (κ1) is 21.9. The van der Waals surface area contributed by atoms with E-state index in [0.29, 0.717) is 28.5 Å². The van der Waals surface area contributed by atoms with Crippen molar-refractivity contribution in [2.45, 2.75) is 38.0 Å². The predicted octanol–water partition coefficient (Wildman–Crippen LogP) is 7.22. The van der Waals surface area contributed by atoms with Crippen LogP contribution in [0.2, 0.25) is 10.0 Å². The molecule has 3 aromatic carbocycles. The van der Waals surface area contributed by atoms with E-state index in [1.807, 2.05) is 55.5 Å². The number of allylic oxidation sites excluding steroid dienone is 2. The summed E-state index contributed by atoms with van der Waals surface area (Å²) in [5.41, 5.74) is 5.24. The second-order valence-corrected chi connectivity index (χ2v) is 9.63. The van der Waals surface area contributed by atoms with Gasteiger partial charge in [0, 0.05) is 45.8 Å². The molecule has 166 valence electrons. The van der Waals surface area contributed by atoms with E-state index in [-0.39, 0.29) is 29.9 Å². The molecule has 1 amide bonds. The van der Waals surface area contributed by atoms with Crippen LogP contribution in [-0.4, -0.2) is 11.7 Å². The molecule has 0 bridgehead atoms. The maximum absolute atomic E-state index is 13.7. The van der Waals surface area contributed by atoms with Gasteiger partial charge in [0.25, 0.3) is 0 Å². The van der Waals surface area contributed by atoms with Crippen molar-refractivity contribution in [3.8, 4) is 0 Å². The van der Waals surface area contributed by atoms with Gasteiger partial charge in [-0.15, -0.1) is 0 Å². The van der Waals surface area contributed by atoms with Gasteiger partial charge in [-0.1, -0.05) is 71.7 Å². The van der Waals surface area contributed by atoms with Crippen molar-refractivity contribution in [1.29, 1.82) is 0 Å². The van der Waals surface area contributed by atoms with Crippen molar-refractivity contribution in [3.63, 3.8) is 0 Å². The van der Waals surface area contributed by atoms with Gasteiger partial charge in [0.1, 0.15) is 0 Å². The molecule has 0 radical (unpaired) electrons. The maximum Gasteiger partial charge on any atom is 0.232 e. The van der Waals surface area contributed by atoms with E-state index in [1.165, 1.54) is 0 Å². The Hall–Kier alpha value is -2.88. The number of halogens is 2. The van der Waals surface area contributed by atoms with Crippen LogP contribution in [0.15, 0.2) is 84.1 Å². The van der Waals surface area contributed by atoms with Crippen LogP contribution in [0.25, 0.3) is 0 Å². The minimum atomic E-state index is -0.373. The molecule has 5 heteroatoms. The number of rotatable bonds is 3. The zero-order valence-corrected chi connectivity index (χ0v) is 19.7. The van der Waals surface area contributed by atoms with Crippen LogP contribution in [0.4, 0.5) is 5.69 Å². The lowest BCUT2D eigenvalue weighted by Crippen LogP contribution is -2.41. The minimum absolute atomic E-state index is 0.0250. The van der Waals surface area contributed by atoms with Crippen LogP contribution in [0.5, 0.6) is 0 Å². The van der Waals surface area contributed by atoms with Gasteiger partial charge < -0.3 is 0 Å². The van der Waals surface area contributed by atoms with Gasteiger partial charge in [0.2, 0.25) is 5.91 Å². The molecule has 3 aromatic rings. The predicted molar refractivity (Wildman–Crippen MR) is 133 cm³/mol. The molecular weight excluding hydrogens is 453 g/mol. The number of aryl methyl sites for hydroxylation is 1. The Labute approximate surface area is 203 Å². The van der Waals surface area contributed by atoms with Gasteiger partial charge in [-0.2, -0.15) is 0 Å². The van der Waals surface area contributed by atoms with Crippen molar-refractivity contribution in [2.75, 3.05) is 4.90 Å². The lowest BCUT2D eigenvalue weighted by molar-refractivity contribution is -0.120. The number of hydrogen-bond acceptors (Lipinski definition) is 2. The Morgan fingerprint density at radius 1 is 0.848 bits per heavy atom. The molecule has 0 spiro atoms. The summed E-state index contributed by atoms with van der Waals surface area (Å²) in [4.78, 5) is 29.0. The lowest BCUT2D eigenvalue weighted by atomic mass is 9.72. The van der Waals surface area contributed by atoms with Crippen LogP contribution >= 0.6 is 23.2 Å². The molecule has 33 heavy (non-hydrogen) atoms. The zero-order chi connectivity index (χ0) is 23.1. The Morgan fingerprint density at radius 3 is 2.36 bits per heavy atom. The average Bonchev–Trinajstić information content (AvgIpc) is 2.79. The molecule has 0 aromatic heterocycles. The Morgan fingerprint density at radius 2 is 1.64 bits per heavy atom. The third-order valence-corrected chi connectivity index (χ3v) is 7.16. The van der Waals surface area contributed by atoms with Gasteiger partial charge in [-0.25, -0.2) is 0 Å². The fourth-order valence-corrected chi connectivity index (χ4v) is 5.65. The van der Waals surface area contributed by atoms with E-state index in [9.17, 15) is 9.59 Å². The van der Waals surface area contributed by atoms with Crippen molar-refractivity contribution >= 4 is 40.6 Å². The third-order valence-electron chi connectivity index (χ3n) is 6.60. The van der Waals surface area contributed by atoms with Crippen LogP contribution in [0.3, 0.4) is 0 Å². The van der Waals surface area contributed by atoms with Gasteiger partial charge >= 0.3 is 0 Å². The molecule has 1 aliphatic heterocycles. The molecule has 5 rings (SSSR count). The number of Topliss-reactive ketones (excluding diaryl/α,β-unsaturated/α-hetero) is 1. The number of amides is 1. The normalized spacial score (nSPS) is 20.8. The van der Waals surface area contributed by atoms with Crippen molar-refractivity contribution in [3.05, 3.63) is 111 Å². The summed E-state index contributed by atoms with van der Waals surface area (Å²) in [5, 5.41) is 1.01. The molecule has 1 aliphatic carbocycles.